The van der Waals surface area contributed by atoms with Gasteiger partial charge in [0.15, 0.2) is 0 Å². The summed E-state index contributed by atoms with van der Waals surface area (Å²) in [4.78, 5) is 24.4. The van der Waals surface area contributed by atoms with Gasteiger partial charge in [0.2, 0.25) is 0 Å². The van der Waals surface area contributed by atoms with Crippen molar-refractivity contribution in [2.45, 2.75) is 32.2 Å². The molecule has 6 saturated heterocycles. The first-order valence-electron chi connectivity index (χ1n) is 19.1. The zero-order valence-electron chi connectivity index (χ0n) is 30.1. The molecule has 6 heterocycles. The van der Waals surface area contributed by atoms with Gasteiger partial charge in [-0.15, -0.1) is 0 Å². The van der Waals surface area contributed by atoms with Crippen molar-refractivity contribution in [3.05, 3.63) is 95.6 Å². The van der Waals surface area contributed by atoms with Gasteiger partial charge in [0, 0.05) is 18.4 Å². The first kappa shape index (κ1) is 34.9. The van der Waals surface area contributed by atoms with E-state index in [1.807, 2.05) is 54.6 Å². The molecular formula is C42H58N4O4+4. The maximum Gasteiger partial charge on any atom is 0.307 e. The van der Waals surface area contributed by atoms with Crippen LogP contribution in [0.25, 0.3) is 11.1 Å². The van der Waals surface area contributed by atoms with E-state index in [2.05, 4.69) is 31.3 Å². The SMILES string of the molecule is C[N+]12CC[N+](CCCC[N+]34CC[N+](Cc5ccc(-c6ccc(C[C@H](C(=O)O)[C@H](Cc7ccccc7)C(=O)O)cc6)cc5)(CC3)CC4)(CC1)CC2. The number of fused-ring (bicyclic) bond motifs is 6. The third-order valence-electron chi connectivity index (χ3n) is 13.6. The minimum atomic E-state index is -1.07. The Morgan fingerprint density at radius 3 is 1.34 bits per heavy atom. The van der Waals surface area contributed by atoms with Crippen molar-refractivity contribution in [3.8, 4) is 11.1 Å². The molecule has 6 fully saturated rings. The number of unbranched alkanes of at least 4 members (excludes halogenated alkanes) is 1. The Hall–Kier alpha value is -3.56. The second-order valence-electron chi connectivity index (χ2n) is 16.8. The Morgan fingerprint density at radius 2 is 0.900 bits per heavy atom. The molecule has 0 unspecified atom stereocenters. The molecule has 3 aromatic carbocycles. The van der Waals surface area contributed by atoms with Crippen LogP contribution in [0.3, 0.4) is 0 Å². The number of nitrogens with zero attached hydrogens (tertiary/aromatic N) is 4. The van der Waals surface area contributed by atoms with Crippen LogP contribution < -0.4 is 0 Å². The number of aliphatic carboxylic acids is 2. The Labute approximate surface area is 298 Å². The molecule has 3 aromatic rings. The van der Waals surface area contributed by atoms with Crippen LogP contribution in [0.4, 0.5) is 0 Å². The smallest absolute Gasteiger partial charge is 0.307 e. The Morgan fingerprint density at radius 1 is 0.520 bits per heavy atom. The van der Waals surface area contributed by atoms with Gasteiger partial charge in [-0.1, -0.05) is 78.9 Å². The van der Waals surface area contributed by atoms with Gasteiger partial charge >= 0.3 is 11.9 Å². The molecule has 0 aromatic heterocycles. The fraction of sp³-hybridized carbons (Fsp3) is 0.524. The number of carboxylic acids is 2. The number of likely N-dealkylation sites (N-methyl/N-ethyl adjacent to an activating group) is 1. The topological polar surface area (TPSA) is 74.6 Å². The molecule has 9 rings (SSSR count). The monoisotopic (exact) mass is 682 g/mol. The quantitative estimate of drug-likeness (QED) is 0.179. The minimum Gasteiger partial charge on any atom is -0.481 e. The summed E-state index contributed by atoms with van der Waals surface area (Å²) < 4.78 is 5.33. The Bertz CT molecular complexity index is 1590. The van der Waals surface area contributed by atoms with Crippen LogP contribution >= 0.6 is 0 Å². The van der Waals surface area contributed by atoms with Crippen LogP contribution in [0.5, 0.6) is 0 Å². The van der Waals surface area contributed by atoms with E-state index >= 15 is 0 Å². The zero-order valence-corrected chi connectivity index (χ0v) is 30.1. The summed E-state index contributed by atoms with van der Waals surface area (Å²) in [6.07, 6.45) is 3.17. The highest BCUT2D eigenvalue weighted by Gasteiger charge is 2.49. The molecule has 4 bridgehead atoms. The second-order valence-corrected chi connectivity index (χ2v) is 16.8. The van der Waals surface area contributed by atoms with Crippen LogP contribution in [0.15, 0.2) is 78.9 Å². The number of benzene rings is 3. The number of hydrogen-bond acceptors (Lipinski definition) is 2. The molecule has 0 amide bonds. The summed E-state index contributed by atoms with van der Waals surface area (Å²) >= 11 is 0. The third-order valence-corrected chi connectivity index (χ3v) is 13.6. The third kappa shape index (κ3) is 7.69. The molecular weight excluding hydrogens is 624 g/mol. The van der Waals surface area contributed by atoms with Gasteiger partial charge in [0.05, 0.1) is 32.0 Å². The van der Waals surface area contributed by atoms with Crippen molar-refractivity contribution >= 4 is 11.9 Å². The summed E-state index contributed by atoms with van der Waals surface area (Å²) in [6, 6.07) is 26.2. The van der Waals surface area contributed by atoms with E-state index in [4.69, 9.17) is 0 Å². The number of piperazine rings is 6. The van der Waals surface area contributed by atoms with Crippen molar-refractivity contribution in [3.63, 3.8) is 0 Å². The molecule has 2 N–H and O–H groups in total. The summed E-state index contributed by atoms with van der Waals surface area (Å²) in [5, 5.41) is 19.9. The lowest BCUT2D eigenvalue weighted by Gasteiger charge is -2.56. The molecule has 50 heavy (non-hydrogen) atoms. The summed E-state index contributed by atoms with van der Waals surface area (Å²) in [5.74, 6) is -4.16. The van der Waals surface area contributed by atoms with Crippen LogP contribution in [0.2, 0.25) is 0 Å². The standard InChI is InChI=1S/C42H56N4O4/c1-43-19-22-44(23-20-43,24-21-43)17-5-6-18-45-25-28-46(29-26-45,30-27-45)33-36-11-15-38(16-12-36)37-13-9-35(10-14-37)32-40(42(49)50)39(41(47)48)31-34-7-3-2-4-8-34/h2-4,7-16,39-40H,5-6,17-33H2,1H3/q+2/p+2/t39-,40-,43?,44?,45?,46?/m0/s1. The summed E-state index contributed by atoms with van der Waals surface area (Å²) in [6.45, 7) is 20.2. The van der Waals surface area contributed by atoms with Gasteiger partial charge in [-0.25, -0.2) is 0 Å². The number of hydrogen-bond donors (Lipinski definition) is 2. The van der Waals surface area contributed by atoms with Crippen LogP contribution in [0, 0.1) is 11.8 Å². The fourth-order valence-corrected chi connectivity index (χ4v) is 9.73. The highest BCUT2D eigenvalue weighted by atomic mass is 16.4. The minimum absolute atomic E-state index is 0.178. The van der Waals surface area contributed by atoms with Crippen LogP contribution in [0.1, 0.15) is 29.5 Å². The van der Waals surface area contributed by atoms with E-state index in [0.29, 0.717) is 0 Å². The lowest BCUT2D eigenvalue weighted by molar-refractivity contribution is -1.09. The average Bonchev–Trinajstić information content (AvgIpc) is 3.14. The van der Waals surface area contributed by atoms with Gasteiger partial charge in [0.25, 0.3) is 0 Å². The lowest BCUT2D eigenvalue weighted by atomic mass is 9.82. The van der Waals surface area contributed by atoms with Crippen molar-refractivity contribution in [1.82, 2.24) is 0 Å². The van der Waals surface area contributed by atoms with E-state index in [1.165, 1.54) is 128 Å². The zero-order chi connectivity index (χ0) is 34.8. The summed E-state index contributed by atoms with van der Waals surface area (Å²) in [7, 11) is 2.46. The van der Waals surface area contributed by atoms with Gasteiger partial charge in [0.1, 0.15) is 85.1 Å². The van der Waals surface area contributed by atoms with Gasteiger partial charge in [-0.3, -0.25) is 9.59 Å². The number of carbonyl (C=O) groups is 2. The molecule has 6 aliphatic heterocycles. The average molecular weight is 683 g/mol. The highest BCUT2D eigenvalue weighted by molar-refractivity contribution is 5.80. The number of quaternary nitrogens is 4. The Balaban J connectivity index is 0.895. The normalized spacial score (nSPS) is 29.8. The van der Waals surface area contributed by atoms with Crippen molar-refractivity contribution < 1.29 is 37.7 Å². The molecule has 0 radical (unpaired) electrons. The first-order chi connectivity index (χ1) is 24.1. The number of carboxylic acid groups (broad SMARTS) is 2. The Kier molecular flexibility index (Phi) is 9.92. The molecule has 0 aliphatic carbocycles. The summed E-state index contributed by atoms with van der Waals surface area (Å²) in [5.41, 5.74) is 5.29. The van der Waals surface area contributed by atoms with Gasteiger partial charge < -0.3 is 28.1 Å². The van der Waals surface area contributed by atoms with E-state index in [9.17, 15) is 19.8 Å². The van der Waals surface area contributed by atoms with E-state index in [1.54, 1.807) is 0 Å². The molecule has 0 spiro atoms. The van der Waals surface area contributed by atoms with Gasteiger partial charge in [-0.05, 0) is 35.1 Å². The molecule has 2 atom stereocenters. The van der Waals surface area contributed by atoms with Crippen LogP contribution in [-0.2, 0) is 29.0 Å². The molecule has 8 heteroatoms. The van der Waals surface area contributed by atoms with Crippen LogP contribution in [-0.4, -0.2) is 139 Å². The predicted octanol–water partition coefficient (Wildman–Crippen LogP) is 4.77. The van der Waals surface area contributed by atoms with E-state index in [-0.39, 0.29) is 12.8 Å². The van der Waals surface area contributed by atoms with E-state index in [0.717, 1.165) is 28.8 Å². The molecule has 6 aliphatic rings. The van der Waals surface area contributed by atoms with Crippen molar-refractivity contribution in [2.24, 2.45) is 11.8 Å². The molecule has 266 valence electrons. The molecule has 8 nitrogen and oxygen atoms in total. The lowest BCUT2D eigenvalue weighted by Crippen LogP contribution is -2.74. The maximum atomic E-state index is 12.2. The van der Waals surface area contributed by atoms with Crippen molar-refractivity contribution in [2.75, 3.05) is 98.7 Å². The largest absolute Gasteiger partial charge is 0.481 e. The predicted molar refractivity (Wildman–Crippen MR) is 196 cm³/mol. The highest BCUT2D eigenvalue weighted by Crippen LogP contribution is 2.32. The van der Waals surface area contributed by atoms with E-state index < -0.39 is 23.8 Å². The number of rotatable bonds is 15. The fourth-order valence-electron chi connectivity index (χ4n) is 9.73. The maximum absolute atomic E-state index is 12.2. The van der Waals surface area contributed by atoms with Gasteiger partial charge in [-0.2, -0.15) is 0 Å². The second kappa shape index (κ2) is 14.2. The first-order valence-corrected chi connectivity index (χ1v) is 19.1. The molecule has 0 saturated carbocycles. The van der Waals surface area contributed by atoms with Crippen molar-refractivity contribution in [1.29, 1.82) is 0 Å².